The van der Waals surface area contributed by atoms with Gasteiger partial charge in [-0.15, -0.1) is 0 Å². The van der Waals surface area contributed by atoms with E-state index in [1.165, 1.54) is 0 Å². The molecule has 1 aromatic rings. The van der Waals surface area contributed by atoms with Gasteiger partial charge in [0.05, 0.1) is 13.2 Å². The fourth-order valence-electron chi connectivity index (χ4n) is 1.60. The molecule has 0 aliphatic carbocycles. The third kappa shape index (κ3) is 5.18. The van der Waals surface area contributed by atoms with Crippen molar-refractivity contribution < 1.29 is 19.1 Å². The van der Waals surface area contributed by atoms with Crippen LogP contribution in [-0.2, 0) is 25.5 Å². The molecule has 19 heavy (non-hydrogen) atoms. The van der Waals surface area contributed by atoms with E-state index in [-0.39, 0.29) is 13.2 Å². The number of hydrogen-bond acceptors (Lipinski definition) is 4. The molecule has 0 heterocycles. The molecule has 1 aromatic carbocycles. The summed E-state index contributed by atoms with van der Waals surface area (Å²) in [6.45, 7) is 3.93. The van der Waals surface area contributed by atoms with Crippen LogP contribution in [0, 0.1) is 9.49 Å². The largest absolute Gasteiger partial charge is 0.465 e. The lowest BCUT2D eigenvalue weighted by Crippen LogP contribution is -2.30. The molecular weight excluding hydrogens is 359 g/mol. The molecule has 0 aliphatic rings. The predicted octanol–water partition coefficient (Wildman–Crippen LogP) is 2.58. The number of halogens is 1. The van der Waals surface area contributed by atoms with Gasteiger partial charge in [-0.05, 0) is 60.6 Å². The Morgan fingerprint density at radius 2 is 1.53 bits per heavy atom. The minimum atomic E-state index is -0.889. The van der Waals surface area contributed by atoms with Crippen molar-refractivity contribution in [2.24, 2.45) is 5.92 Å². The fraction of sp³-hybridized carbons (Fsp3) is 0.429. The first kappa shape index (κ1) is 15.9. The van der Waals surface area contributed by atoms with Crippen molar-refractivity contribution in [3.63, 3.8) is 0 Å². The van der Waals surface area contributed by atoms with Gasteiger partial charge in [-0.25, -0.2) is 0 Å². The average molecular weight is 376 g/mol. The van der Waals surface area contributed by atoms with Crippen LogP contribution in [0.1, 0.15) is 19.4 Å². The van der Waals surface area contributed by atoms with Gasteiger partial charge >= 0.3 is 11.9 Å². The lowest BCUT2D eigenvalue weighted by atomic mass is 9.99. The normalized spacial score (nSPS) is 10.3. The lowest BCUT2D eigenvalue weighted by molar-refractivity contribution is -0.161. The highest BCUT2D eigenvalue weighted by Gasteiger charge is 2.29. The van der Waals surface area contributed by atoms with Gasteiger partial charge in [-0.2, -0.15) is 0 Å². The minimum absolute atomic E-state index is 0.251. The highest BCUT2D eigenvalue weighted by Crippen LogP contribution is 2.14. The smallest absolute Gasteiger partial charge is 0.320 e. The first-order valence-electron chi connectivity index (χ1n) is 6.16. The number of benzene rings is 1. The summed E-state index contributed by atoms with van der Waals surface area (Å²) in [5, 5.41) is 0. The summed E-state index contributed by atoms with van der Waals surface area (Å²) in [6, 6.07) is 7.66. The highest BCUT2D eigenvalue weighted by atomic mass is 127. The molecule has 4 nitrogen and oxygen atoms in total. The van der Waals surface area contributed by atoms with Gasteiger partial charge in [-0.1, -0.05) is 12.1 Å². The average Bonchev–Trinajstić information content (AvgIpc) is 2.38. The second-order valence-electron chi connectivity index (χ2n) is 3.89. The Balaban J connectivity index is 2.81. The van der Waals surface area contributed by atoms with Crippen LogP contribution < -0.4 is 0 Å². The predicted molar refractivity (Wildman–Crippen MR) is 79.6 cm³/mol. The Bertz CT molecular complexity index is 410. The van der Waals surface area contributed by atoms with Gasteiger partial charge in [0.1, 0.15) is 0 Å². The minimum Gasteiger partial charge on any atom is -0.465 e. The molecule has 0 aliphatic heterocycles. The van der Waals surface area contributed by atoms with Crippen LogP contribution in [0.2, 0.25) is 0 Å². The summed E-state index contributed by atoms with van der Waals surface area (Å²) in [7, 11) is 0. The van der Waals surface area contributed by atoms with Crippen LogP contribution >= 0.6 is 22.6 Å². The van der Waals surface area contributed by atoms with E-state index >= 15 is 0 Å². The van der Waals surface area contributed by atoms with Crippen LogP contribution in [0.15, 0.2) is 24.3 Å². The van der Waals surface area contributed by atoms with Gasteiger partial charge < -0.3 is 9.47 Å². The van der Waals surface area contributed by atoms with Gasteiger partial charge in [0.15, 0.2) is 5.92 Å². The molecule has 1 rings (SSSR count). The summed E-state index contributed by atoms with van der Waals surface area (Å²) in [4.78, 5) is 23.6. The number of carbonyl (C=O) groups excluding carboxylic acids is 2. The first-order chi connectivity index (χ1) is 9.08. The molecule has 0 atom stereocenters. The zero-order valence-corrected chi connectivity index (χ0v) is 13.2. The van der Waals surface area contributed by atoms with Crippen LogP contribution in [0.25, 0.3) is 0 Å². The van der Waals surface area contributed by atoms with Crippen LogP contribution in [0.5, 0.6) is 0 Å². The molecule has 0 N–H and O–H groups in total. The van der Waals surface area contributed by atoms with Gasteiger partial charge in [0.25, 0.3) is 0 Å². The van der Waals surface area contributed by atoms with E-state index in [1.54, 1.807) is 13.8 Å². The Morgan fingerprint density at radius 3 is 1.95 bits per heavy atom. The van der Waals surface area contributed by atoms with E-state index in [0.29, 0.717) is 6.42 Å². The number of ether oxygens (including phenoxy) is 2. The Hall–Kier alpha value is -1.11. The maximum absolute atomic E-state index is 11.8. The monoisotopic (exact) mass is 376 g/mol. The molecule has 0 spiro atoms. The number of esters is 2. The van der Waals surface area contributed by atoms with Crippen LogP contribution in [0.3, 0.4) is 0 Å². The third-order valence-corrected chi connectivity index (χ3v) is 3.21. The molecule has 0 fully saturated rings. The van der Waals surface area contributed by atoms with Crippen LogP contribution in [-0.4, -0.2) is 25.2 Å². The molecule has 0 unspecified atom stereocenters. The molecular formula is C14H17IO4. The molecule has 0 saturated heterocycles. The maximum atomic E-state index is 11.8. The molecule has 0 radical (unpaired) electrons. The summed E-state index contributed by atoms with van der Waals surface area (Å²) in [6.07, 6.45) is 0.300. The second kappa shape index (κ2) is 8.14. The molecule has 5 heteroatoms. The van der Waals surface area contributed by atoms with E-state index < -0.39 is 17.9 Å². The molecule has 0 bridgehead atoms. The van der Waals surface area contributed by atoms with Gasteiger partial charge in [0.2, 0.25) is 0 Å². The van der Waals surface area contributed by atoms with E-state index in [9.17, 15) is 9.59 Å². The van der Waals surface area contributed by atoms with Gasteiger partial charge in [-0.3, -0.25) is 9.59 Å². The zero-order chi connectivity index (χ0) is 14.3. The number of carbonyl (C=O) groups is 2. The summed E-state index contributed by atoms with van der Waals surface area (Å²) >= 11 is 2.20. The first-order valence-corrected chi connectivity index (χ1v) is 7.24. The van der Waals surface area contributed by atoms with Crippen LogP contribution in [0.4, 0.5) is 0 Å². The van der Waals surface area contributed by atoms with Crippen molar-refractivity contribution in [3.8, 4) is 0 Å². The topological polar surface area (TPSA) is 52.6 Å². The number of rotatable bonds is 6. The quantitative estimate of drug-likeness (QED) is 0.435. The van der Waals surface area contributed by atoms with Crippen molar-refractivity contribution >= 4 is 34.5 Å². The standard InChI is InChI=1S/C14H17IO4/c1-3-18-13(16)12(14(17)19-4-2)9-10-5-7-11(15)8-6-10/h5-8,12H,3-4,9H2,1-2H3. The summed E-state index contributed by atoms with van der Waals surface area (Å²) in [5.74, 6) is -1.95. The highest BCUT2D eigenvalue weighted by molar-refractivity contribution is 14.1. The molecule has 0 aromatic heterocycles. The van der Waals surface area contributed by atoms with Gasteiger partial charge in [0, 0.05) is 3.57 Å². The Morgan fingerprint density at radius 1 is 1.05 bits per heavy atom. The molecule has 0 saturated carbocycles. The Kier molecular flexibility index (Phi) is 6.83. The summed E-state index contributed by atoms with van der Waals surface area (Å²) in [5.41, 5.74) is 0.909. The fourth-order valence-corrected chi connectivity index (χ4v) is 1.96. The number of hydrogen-bond donors (Lipinski definition) is 0. The van der Waals surface area contributed by atoms with Crippen molar-refractivity contribution in [2.75, 3.05) is 13.2 Å². The van der Waals surface area contributed by atoms with E-state index in [2.05, 4.69) is 22.6 Å². The summed E-state index contributed by atoms with van der Waals surface area (Å²) < 4.78 is 11.0. The van der Waals surface area contributed by atoms with Crippen molar-refractivity contribution in [1.82, 2.24) is 0 Å². The third-order valence-electron chi connectivity index (χ3n) is 2.50. The van der Waals surface area contributed by atoms with E-state index in [4.69, 9.17) is 9.47 Å². The Labute approximate surface area is 126 Å². The van der Waals surface area contributed by atoms with E-state index in [0.717, 1.165) is 9.13 Å². The molecule has 0 amide bonds. The van der Waals surface area contributed by atoms with Crippen molar-refractivity contribution in [2.45, 2.75) is 20.3 Å². The lowest BCUT2D eigenvalue weighted by Gasteiger charge is -2.14. The van der Waals surface area contributed by atoms with Crippen molar-refractivity contribution in [3.05, 3.63) is 33.4 Å². The molecule has 104 valence electrons. The zero-order valence-electron chi connectivity index (χ0n) is 11.0. The van der Waals surface area contributed by atoms with Crippen molar-refractivity contribution in [1.29, 1.82) is 0 Å². The second-order valence-corrected chi connectivity index (χ2v) is 5.13. The van der Waals surface area contributed by atoms with E-state index in [1.807, 2.05) is 24.3 Å². The SMILES string of the molecule is CCOC(=O)C(Cc1ccc(I)cc1)C(=O)OCC. The maximum Gasteiger partial charge on any atom is 0.320 e.